The molecule has 0 atom stereocenters. The molecule has 0 unspecified atom stereocenters. The maximum absolute atomic E-state index is 8.97. The van der Waals surface area contributed by atoms with E-state index in [1.807, 2.05) is 41.3 Å². The fraction of sp³-hybridized carbons (Fsp3) is 0.333. The SMILES string of the molecule is N#Cc1ccccc1OCCN1CC(n2cccn2)C1. The zero-order valence-electron chi connectivity index (χ0n) is 11.1. The van der Waals surface area contributed by atoms with Crippen LogP contribution in [0.3, 0.4) is 0 Å². The zero-order chi connectivity index (χ0) is 13.8. The van der Waals surface area contributed by atoms with Crippen LogP contribution in [0.5, 0.6) is 5.75 Å². The number of para-hydroxylation sites is 1. The van der Waals surface area contributed by atoms with Gasteiger partial charge in [0.1, 0.15) is 18.4 Å². The number of benzene rings is 1. The predicted octanol–water partition coefficient (Wildman–Crippen LogP) is 1.69. The van der Waals surface area contributed by atoms with Crippen LogP contribution < -0.4 is 4.74 Å². The Morgan fingerprint density at radius 2 is 2.15 bits per heavy atom. The van der Waals surface area contributed by atoms with Crippen molar-refractivity contribution in [3.05, 3.63) is 48.3 Å². The molecule has 1 aromatic heterocycles. The topological polar surface area (TPSA) is 54.1 Å². The highest BCUT2D eigenvalue weighted by molar-refractivity contribution is 5.42. The first kappa shape index (κ1) is 12.7. The second-order valence-electron chi connectivity index (χ2n) is 4.86. The minimum Gasteiger partial charge on any atom is -0.491 e. The van der Waals surface area contributed by atoms with Gasteiger partial charge in [-0.1, -0.05) is 12.1 Å². The Kier molecular flexibility index (Phi) is 3.66. The van der Waals surface area contributed by atoms with Gasteiger partial charge < -0.3 is 4.74 Å². The molecule has 1 saturated heterocycles. The molecule has 102 valence electrons. The summed E-state index contributed by atoms with van der Waals surface area (Å²) in [6, 6.07) is 11.9. The molecule has 0 bridgehead atoms. The third kappa shape index (κ3) is 2.65. The van der Waals surface area contributed by atoms with Crippen molar-refractivity contribution in [2.45, 2.75) is 6.04 Å². The van der Waals surface area contributed by atoms with Crippen LogP contribution in [0.1, 0.15) is 11.6 Å². The minimum absolute atomic E-state index is 0.483. The lowest BCUT2D eigenvalue weighted by molar-refractivity contribution is 0.0817. The van der Waals surface area contributed by atoms with Crippen LogP contribution in [-0.2, 0) is 0 Å². The van der Waals surface area contributed by atoms with Gasteiger partial charge in [-0.2, -0.15) is 10.4 Å². The molecule has 0 amide bonds. The Bertz CT molecular complexity index is 597. The van der Waals surface area contributed by atoms with Crippen molar-refractivity contribution in [1.29, 1.82) is 5.26 Å². The van der Waals surface area contributed by atoms with Crippen LogP contribution in [0.2, 0.25) is 0 Å². The first-order valence-electron chi connectivity index (χ1n) is 6.70. The number of aromatic nitrogens is 2. The van der Waals surface area contributed by atoms with E-state index in [4.69, 9.17) is 10.00 Å². The summed E-state index contributed by atoms with van der Waals surface area (Å²) >= 11 is 0. The normalized spacial score (nSPS) is 15.6. The molecule has 1 aliphatic heterocycles. The molecular weight excluding hydrogens is 252 g/mol. The molecule has 2 aromatic rings. The number of nitrogens with zero attached hydrogens (tertiary/aromatic N) is 4. The Balaban J connectivity index is 1.43. The maximum atomic E-state index is 8.97. The van der Waals surface area contributed by atoms with Gasteiger partial charge in [0, 0.05) is 32.0 Å². The predicted molar refractivity (Wildman–Crippen MR) is 74.4 cm³/mol. The van der Waals surface area contributed by atoms with Gasteiger partial charge in [-0.15, -0.1) is 0 Å². The van der Waals surface area contributed by atoms with E-state index in [2.05, 4.69) is 16.1 Å². The van der Waals surface area contributed by atoms with Crippen molar-refractivity contribution >= 4 is 0 Å². The number of rotatable bonds is 5. The van der Waals surface area contributed by atoms with Crippen LogP contribution in [0.15, 0.2) is 42.7 Å². The van der Waals surface area contributed by atoms with E-state index in [-0.39, 0.29) is 0 Å². The van der Waals surface area contributed by atoms with Gasteiger partial charge in [-0.3, -0.25) is 9.58 Å². The lowest BCUT2D eigenvalue weighted by Gasteiger charge is -2.39. The van der Waals surface area contributed by atoms with Crippen LogP contribution in [0.4, 0.5) is 0 Å². The van der Waals surface area contributed by atoms with E-state index in [0.717, 1.165) is 19.6 Å². The number of ether oxygens (including phenoxy) is 1. The molecule has 0 N–H and O–H groups in total. The molecule has 0 saturated carbocycles. The van der Waals surface area contributed by atoms with Gasteiger partial charge in [0.15, 0.2) is 0 Å². The summed E-state index contributed by atoms with van der Waals surface area (Å²) < 4.78 is 7.68. The fourth-order valence-corrected chi connectivity index (χ4v) is 2.36. The largest absolute Gasteiger partial charge is 0.491 e. The summed E-state index contributed by atoms with van der Waals surface area (Å²) in [7, 11) is 0. The van der Waals surface area contributed by atoms with Crippen molar-refractivity contribution in [2.24, 2.45) is 0 Å². The van der Waals surface area contributed by atoms with E-state index >= 15 is 0 Å². The Morgan fingerprint density at radius 1 is 1.30 bits per heavy atom. The summed E-state index contributed by atoms with van der Waals surface area (Å²) in [5.41, 5.74) is 0.588. The molecule has 0 spiro atoms. The molecule has 0 aliphatic carbocycles. The molecular formula is C15H16N4O. The average Bonchev–Trinajstić information content (AvgIpc) is 2.95. The van der Waals surface area contributed by atoms with Crippen molar-refractivity contribution in [3.8, 4) is 11.8 Å². The monoisotopic (exact) mass is 268 g/mol. The Hall–Kier alpha value is -2.32. The molecule has 5 heteroatoms. The second kappa shape index (κ2) is 5.76. The third-order valence-electron chi connectivity index (χ3n) is 3.51. The number of likely N-dealkylation sites (tertiary alicyclic amines) is 1. The summed E-state index contributed by atoms with van der Waals surface area (Å²) in [5.74, 6) is 0.666. The van der Waals surface area contributed by atoms with Gasteiger partial charge in [-0.05, 0) is 18.2 Å². The number of nitriles is 1. The van der Waals surface area contributed by atoms with E-state index in [0.29, 0.717) is 24.0 Å². The first-order valence-corrected chi connectivity index (χ1v) is 6.70. The quantitative estimate of drug-likeness (QED) is 0.828. The highest BCUT2D eigenvalue weighted by Crippen LogP contribution is 2.20. The highest BCUT2D eigenvalue weighted by Gasteiger charge is 2.27. The van der Waals surface area contributed by atoms with Crippen molar-refractivity contribution in [1.82, 2.24) is 14.7 Å². The summed E-state index contributed by atoms with van der Waals surface area (Å²) in [6.07, 6.45) is 3.81. The van der Waals surface area contributed by atoms with Gasteiger partial charge in [0.05, 0.1) is 11.6 Å². The molecule has 3 rings (SSSR count). The first-order chi connectivity index (χ1) is 9.86. The summed E-state index contributed by atoms with van der Waals surface area (Å²) in [5, 5.41) is 13.2. The second-order valence-corrected chi connectivity index (χ2v) is 4.86. The van der Waals surface area contributed by atoms with Crippen LogP contribution in [0, 0.1) is 11.3 Å². The minimum atomic E-state index is 0.483. The van der Waals surface area contributed by atoms with Gasteiger partial charge in [0.2, 0.25) is 0 Å². The molecule has 2 heterocycles. The number of hydrogen-bond donors (Lipinski definition) is 0. The average molecular weight is 268 g/mol. The van der Waals surface area contributed by atoms with Crippen molar-refractivity contribution in [2.75, 3.05) is 26.2 Å². The fourth-order valence-electron chi connectivity index (χ4n) is 2.36. The molecule has 0 radical (unpaired) electrons. The summed E-state index contributed by atoms with van der Waals surface area (Å²) in [6.45, 7) is 3.48. The molecule has 5 nitrogen and oxygen atoms in total. The smallest absolute Gasteiger partial charge is 0.137 e. The van der Waals surface area contributed by atoms with Crippen LogP contribution in [0.25, 0.3) is 0 Å². The highest BCUT2D eigenvalue weighted by atomic mass is 16.5. The maximum Gasteiger partial charge on any atom is 0.137 e. The molecule has 1 aromatic carbocycles. The molecule has 1 aliphatic rings. The van der Waals surface area contributed by atoms with E-state index < -0.39 is 0 Å². The van der Waals surface area contributed by atoms with Crippen LogP contribution >= 0.6 is 0 Å². The van der Waals surface area contributed by atoms with Gasteiger partial charge in [0.25, 0.3) is 0 Å². The van der Waals surface area contributed by atoms with Crippen molar-refractivity contribution < 1.29 is 4.74 Å². The Labute approximate surface area is 118 Å². The molecule has 20 heavy (non-hydrogen) atoms. The standard InChI is InChI=1S/C15H16N4O/c16-10-13-4-1-2-5-15(13)20-9-8-18-11-14(12-18)19-7-3-6-17-19/h1-7,14H,8-9,11-12H2. The van der Waals surface area contributed by atoms with E-state index in [1.54, 1.807) is 6.07 Å². The van der Waals surface area contributed by atoms with Gasteiger partial charge in [-0.25, -0.2) is 0 Å². The van der Waals surface area contributed by atoms with E-state index in [9.17, 15) is 0 Å². The Morgan fingerprint density at radius 3 is 2.90 bits per heavy atom. The lowest BCUT2D eigenvalue weighted by atomic mass is 10.1. The zero-order valence-corrected chi connectivity index (χ0v) is 11.1. The van der Waals surface area contributed by atoms with Crippen LogP contribution in [-0.4, -0.2) is 40.9 Å². The van der Waals surface area contributed by atoms with Crippen molar-refractivity contribution in [3.63, 3.8) is 0 Å². The molecule has 1 fully saturated rings. The van der Waals surface area contributed by atoms with Gasteiger partial charge >= 0.3 is 0 Å². The summed E-state index contributed by atoms with van der Waals surface area (Å²) in [4.78, 5) is 2.32. The third-order valence-corrected chi connectivity index (χ3v) is 3.51. The lowest BCUT2D eigenvalue weighted by Crippen LogP contribution is -2.49. The number of hydrogen-bond acceptors (Lipinski definition) is 4. The van der Waals surface area contributed by atoms with E-state index in [1.165, 1.54) is 0 Å².